The molecule has 0 saturated carbocycles. The maximum absolute atomic E-state index is 13.6. The molecular formula is C20H25F2N6OPS. The number of carbonyl (C=O) groups is 1. The van der Waals surface area contributed by atoms with Crippen LogP contribution in [0.5, 0.6) is 0 Å². The number of aliphatic imine (C=N–C) groups is 1. The molecule has 0 fully saturated rings. The van der Waals surface area contributed by atoms with Gasteiger partial charge < -0.3 is 11.5 Å². The molecule has 7 nitrogen and oxygen atoms in total. The maximum atomic E-state index is 13.6. The van der Waals surface area contributed by atoms with Gasteiger partial charge in [-0.2, -0.15) is 4.99 Å². The van der Waals surface area contributed by atoms with Gasteiger partial charge in [0.05, 0.1) is 11.0 Å². The van der Waals surface area contributed by atoms with Gasteiger partial charge in [0.15, 0.2) is 0 Å². The Bertz CT molecular complexity index is 1010. The van der Waals surface area contributed by atoms with E-state index in [2.05, 4.69) is 19.9 Å². The van der Waals surface area contributed by atoms with Crippen LogP contribution in [0.15, 0.2) is 34.9 Å². The van der Waals surface area contributed by atoms with E-state index in [0.29, 0.717) is 25.1 Å². The third kappa shape index (κ3) is 5.70. The third-order valence-electron chi connectivity index (χ3n) is 5.15. The minimum Gasteiger partial charge on any atom is -0.384 e. The molecule has 1 atom stereocenters. The van der Waals surface area contributed by atoms with Crippen molar-refractivity contribution in [3.63, 3.8) is 0 Å². The van der Waals surface area contributed by atoms with E-state index in [-0.39, 0.29) is 11.8 Å². The van der Waals surface area contributed by atoms with Crippen LogP contribution in [0.2, 0.25) is 0 Å². The predicted octanol–water partition coefficient (Wildman–Crippen LogP) is 3.23. The highest BCUT2D eigenvalue weighted by Gasteiger charge is 2.40. The highest BCUT2D eigenvalue weighted by molar-refractivity contribution is 7.18. The fourth-order valence-corrected chi connectivity index (χ4v) is 4.23. The fourth-order valence-electron chi connectivity index (χ4n) is 3.02. The van der Waals surface area contributed by atoms with E-state index in [0.717, 1.165) is 22.5 Å². The lowest BCUT2D eigenvalue weighted by molar-refractivity contribution is 0.0107. The van der Waals surface area contributed by atoms with Crippen molar-refractivity contribution in [1.82, 2.24) is 14.9 Å². The minimum absolute atomic E-state index is 0.104. The minimum atomic E-state index is -3.01. The zero-order valence-corrected chi connectivity index (χ0v) is 19.3. The summed E-state index contributed by atoms with van der Waals surface area (Å²) >= 11 is 1.50. The molecule has 0 aliphatic carbocycles. The van der Waals surface area contributed by atoms with Gasteiger partial charge in [-0.05, 0) is 18.1 Å². The molecule has 0 bridgehead atoms. The van der Waals surface area contributed by atoms with Gasteiger partial charge in [-0.1, -0.05) is 29.2 Å². The van der Waals surface area contributed by atoms with Gasteiger partial charge in [0, 0.05) is 47.8 Å². The van der Waals surface area contributed by atoms with E-state index >= 15 is 0 Å². The molecule has 1 aliphatic heterocycles. The summed E-state index contributed by atoms with van der Waals surface area (Å²) in [6.45, 7) is 4.91. The molecule has 11 heteroatoms. The number of alkyl halides is 2. The van der Waals surface area contributed by atoms with Gasteiger partial charge in [-0.25, -0.2) is 18.7 Å². The molecular weight excluding hydrogens is 441 g/mol. The summed E-state index contributed by atoms with van der Waals surface area (Å²) in [7, 11) is 1.52. The molecule has 3 heterocycles. The summed E-state index contributed by atoms with van der Waals surface area (Å²) in [5.74, 6) is -0.324. The number of nitrogens with two attached hydrogens (primary N) is 2. The Morgan fingerprint density at radius 3 is 2.71 bits per heavy atom. The van der Waals surface area contributed by atoms with Crippen molar-refractivity contribution in [3.05, 3.63) is 51.5 Å². The molecule has 31 heavy (non-hydrogen) atoms. The first kappa shape index (κ1) is 23.4. The van der Waals surface area contributed by atoms with Crippen LogP contribution in [-0.4, -0.2) is 38.8 Å². The summed E-state index contributed by atoms with van der Waals surface area (Å²) in [6.07, 6.45) is 6.63. The molecule has 2 aromatic rings. The Morgan fingerprint density at radius 2 is 2.06 bits per heavy atom. The zero-order chi connectivity index (χ0) is 22.8. The van der Waals surface area contributed by atoms with Crippen LogP contribution < -0.4 is 11.5 Å². The first-order valence-electron chi connectivity index (χ1n) is 9.58. The van der Waals surface area contributed by atoms with E-state index in [9.17, 15) is 13.6 Å². The molecule has 1 unspecified atom stereocenters. The van der Waals surface area contributed by atoms with Crippen molar-refractivity contribution in [2.45, 2.75) is 39.0 Å². The lowest BCUT2D eigenvalue weighted by atomic mass is 9.93. The largest absolute Gasteiger partial charge is 0.384 e. The number of thiophene rings is 1. The molecule has 0 aromatic carbocycles. The van der Waals surface area contributed by atoms with Crippen molar-refractivity contribution < 1.29 is 13.6 Å². The molecule has 0 saturated heterocycles. The average molecular weight is 466 g/mol. The number of hydrogen-bond acceptors (Lipinski definition) is 6. The molecule has 1 amide bonds. The second-order valence-corrected chi connectivity index (χ2v) is 9.67. The number of anilines is 1. The summed E-state index contributed by atoms with van der Waals surface area (Å²) in [6, 6.07) is 0. The normalized spacial score (nSPS) is 16.0. The van der Waals surface area contributed by atoms with Gasteiger partial charge >= 0.3 is 0 Å². The van der Waals surface area contributed by atoms with Crippen LogP contribution in [-0.2, 0) is 19.5 Å². The SMILES string of the molecule is CC(C)(/C=C/C(N)=NC(=O)c1csc2c1CCN(Cc1cnc(N)nc1)C2)C(F)(F)P. The van der Waals surface area contributed by atoms with E-state index in [1.165, 1.54) is 46.6 Å². The molecule has 166 valence electrons. The van der Waals surface area contributed by atoms with Gasteiger partial charge in [-0.15, -0.1) is 11.3 Å². The average Bonchev–Trinajstić information content (AvgIpc) is 3.11. The van der Waals surface area contributed by atoms with Crippen molar-refractivity contribution in [2.24, 2.45) is 16.1 Å². The number of allylic oxidation sites excluding steroid dienone is 1. The monoisotopic (exact) mass is 466 g/mol. The lowest BCUT2D eigenvalue weighted by Crippen LogP contribution is -2.30. The fraction of sp³-hybridized carbons (Fsp3) is 0.400. The molecule has 4 N–H and O–H groups in total. The number of halogens is 2. The lowest BCUT2D eigenvalue weighted by Gasteiger charge is -2.27. The topological polar surface area (TPSA) is 110 Å². The summed E-state index contributed by atoms with van der Waals surface area (Å²) < 4.78 is 27.1. The number of amides is 1. The van der Waals surface area contributed by atoms with Gasteiger partial charge in [0.25, 0.3) is 11.6 Å². The third-order valence-corrected chi connectivity index (χ3v) is 6.91. The van der Waals surface area contributed by atoms with Crippen molar-refractivity contribution in [1.29, 1.82) is 0 Å². The molecule has 2 aromatic heterocycles. The Labute approximate surface area is 185 Å². The van der Waals surface area contributed by atoms with Crippen molar-refractivity contribution in [2.75, 3.05) is 12.3 Å². The number of aromatic nitrogens is 2. The smallest absolute Gasteiger partial charge is 0.280 e. The predicted molar refractivity (Wildman–Crippen MR) is 122 cm³/mol. The number of amidine groups is 1. The zero-order valence-electron chi connectivity index (χ0n) is 17.3. The Morgan fingerprint density at radius 1 is 1.39 bits per heavy atom. The number of nitrogens with zero attached hydrogens (tertiary/aromatic N) is 4. The van der Waals surface area contributed by atoms with Crippen molar-refractivity contribution in [3.8, 4) is 0 Å². The molecule has 0 spiro atoms. The summed E-state index contributed by atoms with van der Waals surface area (Å²) in [5, 5.41) is 1.78. The number of rotatable bonds is 6. The number of fused-ring (bicyclic) bond motifs is 1. The standard InChI is InChI=1S/C20H25F2N6OPS/c1-19(2,20(21,22)30)5-3-16(23)27-17(29)14-11-31-15-10-28(6-4-13(14)15)9-12-7-25-18(24)26-8-12/h3,5,7-8,11H,4,6,9-10,30H2,1-2H3,(H2,23,27,29)(H2,24,25,26)/b5-3+. The molecule has 3 rings (SSSR count). The Hall–Kier alpha value is -2.29. The summed E-state index contributed by atoms with van der Waals surface area (Å²) in [4.78, 5) is 27.9. The van der Waals surface area contributed by atoms with E-state index in [1.807, 2.05) is 0 Å². The number of nitrogen functional groups attached to an aromatic ring is 1. The quantitative estimate of drug-likeness (QED) is 0.384. The maximum Gasteiger partial charge on any atom is 0.280 e. The van der Waals surface area contributed by atoms with Crippen LogP contribution in [0.1, 0.15) is 40.2 Å². The second-order valence-electron chi connectivity index (χ2n) is 7.98. The Balaban J connectivity index is 1.68. The van der Waals surface area contributed by atoms with E-state index in [4.69, 9.17) is 11.5 Å². The van der Waals surface area contributed by atoms with Crippen LogP contribution >= 0.6 is 20.6 Å². The highest BCUT2D eigenvalue weighted by atomic mass is 32.1. The summed E-state index contributed by atoms with van der Waals surface area (Å²) in [5.41, 5.74) is 9.31. The van der Waals surface area contributed by atoms with Gasteiger partial charge in [0.2, 0.25) is 5.95 Å². The first-order valence-corrected chi connectivity index (χ1v) is 11.0. The first-order chi connectivity index (χ1) is 14.5. The van der Waals surface area contributed by atoms with Gasteiger partial charge in [-0.3, -0.25) is 9.69 Å². The van der Waals surface area contributed by atoms with Crippen LogP contribution in [0.25, 0.3) is 0 Å². The number of carbonyl (C=O) groups excluding carboxylic acids is 1. The van der Waals surface area contributed by atoms with Crippen LogP contribution in [0.3, 0.4) is 0 Å². The van der Waals surface area contributed by atoms with E-state index < -0.39 is 17.0 Å². The molecule has 0 radical (unpaired) electrons. The van der Waals surface area contributed by atoms with Crippen LogP contribution in [0.4, 0.5) is 14.7 Å². The molecule has 1 aliphatic rings. The van der Waals surface area contributed by atoms with Crippen LogP contribution in [0, 0.1) is 5.41 Å². The van der Waals surface area contributed by atoms with Crippen molar-refractivity contribution >= 4 is 38.3 Å². The van der Waals surface area contributed by atoms with E-state index in [1.54, 1.807) is 17.8 Å². The highest BCUT2D eigenvalue weighted by Crippen LogP contribution is 2.42. The van der Waals surface area contributed by atoms with Gasteiger partial charge in [0.1, 0.15) is 5.84 Å². The number of hydrogen-bond donors (Lipinski definition) is 2. The Kier molecular flexibility index (Phi) is 6.83. The second kappa shape index (κ2) is 9.06.